The molecule has 1 aromatic heterocycles. The number of piperazine rings is 1. The lowest BCUT2D eigenvalue weighted by Crippen LogP contribution is -2.54. The predicted molar refractivity (Wildman–Crippen MR) is 196 cm³/mol. The van der Waals surface area contributed by atoms with Crippen molar-refractivity contribution in [2.75, 3.05) is 45.0 Å². The molecular formula is C40H41F2N3O10. The zero-order valence-electron chi connectivity index (χ0n) is 30.6. The van der Waals surface area contributed by atoms with Gasteiger partial charge in [-0.2, -0.15) is 0 Å². The number of esters is 2. The van der Waals surface area contributed by atoms with Crippen LogP contribution < -0.4 is 15.1 Å². The van der Waals surface area contributed by atoms with Crippen LogP contribution in [0.25, 0.3) is 22.0 Å². The molecule has 4 aromatic rings. The van der Waals surface area contributed by atoms with Crippen LogP contribution in [0.15, 0.2) is 65.6 Å². The molecule has 55 heavy (non-hydrogen) atoms. The Labute approximate surface area is 314 Å². The van der Waals surface area contributed by atoms with Crippen molar-refractivity contribution in [2.45, 2.75) is 57.5 Å². The Balaban J connectivity index is 0.964. The summed E-state index contributed by atoms with van der Waals surface area (Å²) in [5.74, 6) is -4.51. The normalized spacial score (nSPS) is 16.1. The van der Waals surface area contributed by atoms with Crippen molar-refractivity contribution < 1.29 is 52.0 Å². The van der Waals surface area contributed by atoms with E-state index in [0.29, 0.717) is 16.6 Å². The third kappa shape index (κ3) is 8.40. The first-order valence-electron chi connectivity index (χ1n) is 17.9. The highest BCUT2D eigenvalue weighted by atomic mass is 19.1. The van der Waals surface area contributed by atoms with Gasteiger partial charge in [-0.1, -0.05) is 42.5 Å². The monoisotopic (exact) mass is 761 g/mol. The van der Waals surface area contributed by atoms with Gasteiger partial charge in [-0.25, -0.2) is 18.4 Å². The van der Waals surface area contributed by atoms with Crippen molar-refractivity contribution in [3.8, 4) is 16.9 Å². The third-order valence-electron chi connectivity index (χ3n) is 9.85. The van der Waals surface area contributed by atoms with Gasteiger partial charge in [-0.15, -0.1) is 0 Å². The summed E-state index contributed by atoms with van der Waals surface area (Å²) in [7, 11) is 1.35. The van der Waals surface area contributed by atoms with E-state index in [1.54, 1.807) is 47.6 Å². The minimum atomic E-state index is -1.40. The maximum Gasteiger partial charge on any atom is 0.413 e. The first-order chi connectivity index (χ1) is 26.4. The van der Waals surface area contributed by atoms with E-state index in [1.807, 2.05) is 18.2 Å². The fourth-order valence-corrected chi connectivity index (χ4v) is 6.76. The maximum atomic E-state index is 15.8. The van der Waals surface area contributed by atoms with E-state index in [0.717, 1.165) is 24.5 Å². The van der Waals surface area contributed by atoms with E-state index in [4.69, 9.17) is 18.9 Å². The van der Waals surface area contributed by atoms with Crippen LogP contribution in [0.3, 0.4) is 0 Å². The zero-order chi connectivity index (χ0) is 39.4. The average molecular weight is 762 g/mol. The molecule has 0 spiro atoms. The van der Waals surface area contributed by atoms with E-state index in [-0.39, 0.29) is 61.9 Å². The molecule has 1 aliphatic carbocycles. The van der Waals surface area contributed by atoms with Gasteiger partial charge >= 0.3 is 24.0 Å². The Hall–Kier alpha value is -5.99. The number of carboxylic acid groups (broad SMARTS) is 1. The maximum absolute atomic E-state index is 15.8. The number of nitrogens with zero attached hydrogens (tertiary/aromatic N) is 3. The molecule has 6 rings (SSSR count). The molecule has 3 aromatic carbocycles. The van der Waals surface area contributed by atoms with Crippen molar-refractivity contribution >= 4 is 40.6 Å². The summed E-state index contributed by atoms with van der Waals surface area (Å²) in [5.41, 5.74) is 0.737. The highest BCUT2D eigenvalue weighted by Gasteiger charge is 2.35. The van der Waals surface area contributed by atoms with E-state index in [1.165, 1.54) is 24.3 Å². The second-order valence-electron chi connectivity index (χ2n) is 13.6. The smallest absolute Gasteiger partial charge is 0.413 e. The van der Waals surface area contributed by atoms with Gasteiger partial charge in [0.15, 0.2) is 11.6 Å². The number of carbonyl (C=O) groups excluding carboxylic acids is 3. The van der Waals surface area contributed by atoms with Gasteiger partial charge < -0.3 is 38.4 Å². The summed E-state index contributed by atoms with van der Waals surface area (Å²) in [6, 6.07) is 14.2. The van der Waals surface area contributed by atoms with Gasteiger partial charge in [-0.3, -0.25) is 14.4 Å². The summed E-state index contributed by atoms with van der Waals surface area (Å²) < 4.78 is 53.4. The number of fused-ring (bicyclic) bond motifs is 1. The van der Waals surface area contributed by atoms with Crippen LogP contribution in [0.4, 0.5) is 19.3 Å². The number of anilines is 1. The van der Waals surface area contributed by atoms with Crippen molar-refractivity contribution in [1.82, 2.24) is 9.47 Å². The zero-order valence-corrected chi connectivity index (χ0v) is 30.6. The fraction of sp³-hybridized carbons (Fsp3) is 0.375. The molecule has 2 aliphatic rings. The largest absolute Gasteiger partial charge is 0.492 e. The topological polar surface area (TPSA) is 154 Å². The number of amides is 1. The lowest BCUT2D eigenvalue weighted by Gasteiger charge is -2.40. The molecule has 1 aliphatic heterocycles. The number of aromatic nitrogens is 1. The third-order valence-corrected chi connectivity index (χ3v) is 9.85. The fourth-order valence-electron chi connectivity index (χ4n) is 6.76. The number of carbonyl (C=O) groups is 4. The summed E-state index contributed by atoms with van der Waals surface area (Å²) >= 11 is 0. The lowest BCUT2D eigenvalue weighted by atomic mass is 9.97. The minimum absolute atomic E-state index is 0.0532. The number of aromatic carboxylic acids is 1. The molecule has 0 bridgehead atoms. The van der Waals surface area contributed by atoms with Gasteiger partial charge in [0, 0.05) is 49.9 Å². The summed E-state index contributed by atoms with van der Waals surface area (Å²) in [6.07, 6.45) is 2.12. The van der Waals surface area contributed by atoms with Crippen LogP contribution in [0, 0.1) is 11.6 Å². The first-order valence-corrected chi connectivity index (χ1v) is 17.9. The summed E-state index contributed by atoms with van der Waals surface area (Å²) in [5, 5.41) is 9.50. The summed E-state index contributed by atoms with van der Waals surface area (Å²) in [4.78, 5) is 65.7. The molecule has 1 amide bonds. The quantitative estimate of drug-likeness (QED) is 0.0933. The molecule has 0 radical (unpaired) electrons. The molecule has 2 fully saturated rings. The lowest BCUT2D eigenvalue weighted by molar-refractivity contribution is -0.154. The molecule has 1 saturated carbocycles. The number of ether oxygens (including phenoxy) is 4. The Kier molecular flexibility index (Phi) is 11.7. The molecule has 2 unspecified atom stereocenters. The van der Waals surface area contributed by atoms with Crippen LogP contribution in [0.5, 0.6) is 5.75 Å². The Morgan fingerprint density at radius 2 is 1.71 bits per heavy atom. The van der Waals surface area contributed by atoms with Crippen molar-refractivity contribution in [3.63, 3.8) is 0 Å². The molecule has 2 heterocycles. The number of pyridine rings is 1. The van der Waals surface area contributed by atoms with Gasteiger partial charge in [0.05, 0.1) is 30.5 Å². The predicted octanol–water partition coefficient (Wildman–Crippen LogP) is 6.26. The van der Waals surface area contributed by atoms with Gasteiger partial charge in [0.25, 0.3) is 0 Å². The van der Waals surface area contributed by atoms with Crippen LogP contribution in [-0.2, 0) is 23.8 Å². The Bertz CT molecular complexity index is 2170. The van der Waals surface area contributed by atoms with Crippen LogP contribution in [0.1, 0.15) is 67.4 Å². The van der Waals surface area contributed by atoms with Gasteiger partial charge in [0.2, 0.25) is 12.2 Å². The van der Waals surface area contributed by atoms with E-state index >= 15 is 4.39 Å². The van der Waals surface area contributed by atoms with Crippen molar-refractivity contribution in [2.24, 2.45) is 0 Å². The molecule has 2 atom stereocenters. The standard InChI is InChI=1S/C40H41F2N3O10/c1-23-20-43(35-32(42)19-29-34(37(35)52-3)45(27-12-13-27)21-30(36(29)47)38(48)49)15-16-44(23)40(51)55-22-54-33(46)10-7-17-53-39(50)24(2)26-11-14-28(31(41)18-26)25-8-5-4-6-9-25/h4-6,8-9,11,14,18-19,21,23-24,27H,7,10,12-13,15-17,20,22H2,1-3H3,(H,48,49). The van der Waals surface area contributed by atoms with Crippen molar-refractivity contribution in [1.29, 1.82) is 0 Å². The Morgan fingerprint density at radius 3 is 2.36 bits per heavy atom. The Morgan fingerprint density at radius 1 is 0.964 bits per heavy atom. The minimum Gasteiger partial charge on any atom is -0.492 e. The molecule has 290 valence electrons. The number of methoxy groups -OCH3 is 1. The number of benzene rings is 3. The second kappa shape index (κ2) is 16.6. The van der Waals surface area contributed by atoms with Crippen LogP contribution in [0.2, 0.25) is 0 Å². The van der Waals surface area contributed by atoms with Gasteiger partial charge in [-0.05, 0) is 56.4 Å². The molecule has 1 saturated heterocycles. The summed E-state index contributed by atoms with van der Waals surface area (Å²) in [6.45, 7) is 3.09. The number of hydrogen-bond acceptors (Lipinski definition) is 10. The molecular weight excluding hydrogens is 720 g/mol. The highest BCUT2D eigenvalue weighted by Crippen LogP contribution is 2.44. The van der Waals surface area contributed by atoms with Crippen LogP contribution >= 0.6 is 0 Å². The molecule has 1 N–H and O–H groups in total. The number of rotatable bonds is 13. The second-order valence-corrected chi connectivity index (χ2v) is 13.6. The number of halogens is 2. The first kappa shape index (κ1) is 38.7. The van der Waals surface area contributed by atoms with E-state index in [9.17, 15) is 33.5 Å². The average Bonchev–Trinajstić information content (AvgIpc) is 4.02. The van der Waals surface area contributed by atoms with E-state index < -0.39 is 65.4 Å². The SMILES string of the molecule is COc1c(N2CCN(C(=O)OCOC(=O)CCCOC(=O)C(C)c3ccc(-c4ccccc4)c(F)c3)C(C)C2)c(F)cc2c(=O)c(C(=O)O)cn(C3CC3)c12. The van der Waals surface area contributed by atoms with Crippen LogP contribution in [-0.4, -0.2) is 84.8 Å². The van der Waals surface area contributed by atoms with Crippen molar-refractivity contribution in [3.05, 3.63) is 93.8 Å². The van der Waals surface area contributed by atoms with Gasteiger partial charge in [0.1, 0.15) is 17.1 Å². The molecule has 13 nitrogen and oxygen atoms in total. The highest BCUT2D eigenvalue weighted by molar-refractivity contribution is 5.97. The molecule has 15 heteroatoms. The number of carboxylic acids is 1. The van der Waals surface area contributed by atoms with E-state index in [2.05, 4.69) is 0 Å². The number of hydrogen-bond donors (Lipinski definition) is 1.